The number of ether oxygens (including phenoxy) is 2. The number of methoxy groups -OCH3 is 2. The molecule has 2 aliphatic rings. The highest BCUT2D eigenvalue weighted by atomic mass is 16.5. The van der Waals surface area contributed by atoms with Gasteiger partial charge in [0.25, 0.3) is 0 Å². The monoisotopic (exact) mass is 270 g/mol. The summed E-state index contributed by atoms with van der Waals surface area (Å²) >= 11 is 0. The van der Waals surface area contributed by atoms with Gasteiger partial charge in [-0.25, -0.2) is 0 Å². The molecule has 0 aromatic rings. The number of rotatable bonds is 9. The van der Waals surface area contributed by atoms with Crippen molar-refractivity contribution in [3.05, 3.63) is 0 Å². The Bertz CT molecular complexity index is 261. The van der Waals surface area contributed by atoms with Crippen LogP contribution in [0.4, 0.5) is 0 Å². The highest BCUT2D eigenvalue weighted by Crippen LogP contribution is 2.47. The van der Waals surface area contributed by atoms with E-state index in [9.17, 15) is 0 Å². The number of fused-ring (bicyclic) bond motifs is 2. The molecule has 112 valence electrons. The lowest BCUT2D eigenvalue weighted by Gasteiger charge is -2.33. The summed E-state index contributed by atoms with van der Waals surface area (Å²) in [7, 11) is 3.54. The molecule has 0 radical (unpaired) electrons. The highest BCUT2D eigenvalue weighted by molar-refractivity contribution is 4.99. The van der Waals surface area contributed by atoms with E-state index in [1.807, 2.05) is 0 Å². The summed E-state index contributed by atoms with van der Waals surface area (Å²) in [5, 5.41) is 0. The topological polar surface area (TPSA) is 47.7 Å². The van der Waals surface area contributed by atoms with E-state index in [-0.39, 0.29) is 0 Å². The van der Waals surface area contributed by atoms with Crippen LogP contribution in [0.5, 0.6) is 0 Å². The Balaban J connectivity index is 1.80. The molecular weight excluding hydrogens is 240 g/mol. The summed E-state index contributed by atoms with van der Waals surface area (Å²) in [6, 6.07) is 0.436. The van der Waals surface area contributed by atoms with E-state index in [4.69, 9.17) is 15.2 Å². The molecule has 0 heterocycles. The molecule has 2 rings (SSSR count). The Morgan fingerprint density at radius 2 is 1.79 bits per heavy atom. The summed E-state index contributed by atoms with van der Waals surface area (Å²) < 4.78 is 10.4. The second kappa shape index (κ2) is 7.58. The maximum Gasteiger partial charge on any atom is 0.0589 e. The standard InChI is InChI=1S/C15H30N2O2/c1-18-8-3-6-17(7-9-19-2)11-14-12-4-5-13(10-12)15(14)16/h12-15H,3-11,16H2,1-2H3. The van der Waals surface area contributed by atoms with Crippen LogP contribution in [0, 0.1) is 17.8 Å². The van der Waals surface area contributed by atoms with E-state index in [0.29, 0.717) is 12.0 Å². The molecule has 2 fully saturated rings. The van der Waals surface area contributed by atoms with Gasteiger partial charge in [-0.05, 0) is 43.4 Å². The minimum absolute atomic E-state index is 0.436. The second-order valence-electron chi connectivity index (χ2n) is 6.21. The van der Waals surface area contributed by atoms with Crippen molar-refractivity contribution in [1.29, 1.82) is 0 Å². The summed E-state index contributed by atoms with van der Waals surface area (Å²) in [6.07, 6.45) is 5.24. The van der Waals surface area contributed by atoms with E-state index < -0.39 is 0 Å². The van der Waals surface area contributed by atoms with E-state index in [1.165, 1.54) is 19.3 Å². The first-order valence-electron chi connectivity index (χ1n) is 7.72. The van der Waals surface area contributed by atoms with E-state index in [0.717, 1.165) is 51.1 Å². The van der Waals surface area contributed by atoms with Gasteiger partial charge in [0.1, 0.15) is 0 Å². The molecule has 4 nitrogen and oxygen atoms in total. The Morgan fingerprint density at radius 1 is 1.05 bits per heavy atom. The summed E-state index contributed by atoms with van der Waals surface area (Å²) in [5.74, 6) is 2.39. The number of nitrogens with two attached hydrogens (primary N) is 1. The zero-order valence-corrected chi connectivity index (χ0v) is 12.5. The fraction of sp³-hybridized carbons (Fsp3) is 1.00. The first kappa shape index (κ1) is 15.2. The van der Waals surface area contributed by atoms with Crippen molar-refractivity contribution < 1.29 is 9.47 Å². The van der Waals surface area contributed by atoms with Gasteiger partial charge in [0.2, 0.25) is 0 Å². The Labute approximate surface area is 117 Å². The highest BCUT2D eigenvalue weighted by Gasteiger charge is 2.45. The lowest BCUT2D eigenvalue weighted by atomic mass is 9.84. The van der Waals surface area contributed by atoms with Crippen molar-refractivity contribution in [2.24, 2.45) is 23.5 Å². The predicted octanol–water partition coefficient (Wildman–Crippen LogP) is 1.34. The minimum atomic E-state index is 0.436. The molecule has 4 heteroatoms. The van der Waals surface area contributed by atoms with Gasteiger partial charge < -0.3 is 20.1 Å². The van der Waals surface area contributed by atoms with Gasteiger partial charge >= 0.3 is 0 Å². The fourth-order valence-corrected chi connectivity index (χ4v) is 3.97. The van der Waals surface area contributed by atoms with Gasteiger partial charge in [0.05, 0.1) is 6.61 Å². The SMILES string of the molecule is COCCCN(CCOC)CC1C2CCC(C2)C1N. The zero-order valence-electron chi connectivity index (χ0n) is 12.5. The molecule has 0 aliphatic heterocycles. The summed E-state index contributed by atoms with van der Waals surface area (Å²) in [5.41, 5.74) is 6.41. The van der Waals surface area contributed by atoms with Gasteiger partial charge in [-0.2, -0.15) is 0 Å². The molecule has 0 aromatic carbocycles. The predicted molar refractivity (Wildman–Crippen MR) is 77.1 cm³/mol. The number of nitrogens with zero attached hydrogens (tertiary/aromatic N) is 1. The molecule has 2 saturated carbocycles. The van der Waals surface area contributed by atoms with Crippen LogP contribution in [0.15, 0.2) is 0 Å². The van der Waals surface area contributed by atoms with Crippen LogP contribution < -0.4 is 5.73 Å². The van der Waals surface area contributed by atoms with Crippen molar-refractivity contribution in [3.63, 3.8) is 0 Å². The molecule has 0 spiro atoms. The zero-order chi connectivity index (χ0) is 13.7. The lowest BCUT2D eigenvalue weighted by Crippen LogP contribution is -2.44. The molecule has 4 unspecified atom stereocenters. The third-order valence-corrected chi connectivity index (χ3v) is 5.06. The average Bonchev–Trinajstić information content (AvgIpc) is 2.99. The first-order valence-corrected chi connectivity index (χ1v) is 7.72. The molecule has 0 aromatic heterocycles. The van der Waals surface area contributed by atoms with Crippen LogP contribution in [-0.4, -0.2) is 58.0 Å². The largest absolute Gasteiger partial charge is 0.385 e. The first-order chi connectivity index (χ1) is 9.26. The van der Waals surface area contributed by atoms with Gasteiger partial charge in [-0.1, -0.05) is 0 Å². The molecule has 19 heavy (non-hydrogen) atoms. The van der Waals surface area contributed by atoms with E-state index >= 15 is 0 Å². The van der Waals surface area contributed by atoms with Crippen LogP contribution in [0.25, 0.3) is 0 Å². The van der Waals surface area contributed by atoms with Gasteiger partial charge in [-0.3, -0.25) is 0 Å². The summed E-state index contributed by atoms with van der Waals surface area (Å²) in [4.78, 5) is 2.52. The molecule has 2 N–H and O–H groups in total. The van der Waals surface area contributed by atoms with Gasteiger partial charge in [0.15, 0.2) is 0 Å². The maximum atomic E-state index is 6.41. The summed E-state index contributed by atoms with van der Waals surface area (Å²) in [6.45, 7) is 4.91. The van der Waals surface area contributed by atoms with Crippen LogP contribution >= 0.6 is 0 Å². The quantitative estimate of drug-likeness (QED) is 0.642. The lowest BCUT2D eigenvalue weighted by molar-refractivity contribution is 0.108. The number of hydrogen-bond acceptors (Lipinski definition) is 4. The van der Waals surface area contributed by atoms with Crippen molar-refractivity contribution in [1.82, 2.24) is 4.90 Å². The maximum absolute atomic E-state index is 6.41. The Kier molecular flexibility index (Phi) is 6.07. The van der Waals surface area contributed by atoms with Crippen LogP contribution in [0.3, 0.4) is 0 Å². The Hall–Kier alpha value is -0.160. The smallest absolute Gasteiger partial charge is 0.0589 e. The van der Waals surface area contributed by atoms with E-state index in [1.54, 1.807) is 14.2 Å². The normalized spacial score (nSPS) is 33.5. The molecule has 0 amide bonds. The molecule has 2 aliphatic carbocycles. The number of hydrogen-bond donors (Lipinski definition) is 1. The third kappa shape index (κ3) is 3.91. The fourth-order valence-electron chi connectivity index (χ4n) is 3.97. The Morgan fingerprint density at radius 3 is 2.42 bits per heavy atom. The van der Waals surface area contributed by atoms with Gasteiger partial charge in [-0.15, -0.1) is 0 Å². The van der Waals surface area contributed by atoms with Crippen LogP contribution in [-0.2, 0) is 9.47 Å². The molecular formula is C15H30N2O2. The van der Waals surface area contributed by atoms with Gasteiger partial charge in [0, 0.05) is 46.5 Å². The minimum Gasteiger partial charge on any atom is -0.385 e. The van der Waals surface area contributed by atoms with Crippen molar-refractivity contribution >= 4 is 0 Å². The van der Waals surface area contributed by atoms with Crippen molar-refractivity contribution in [2.45, 2.75) is 31.7 Å². The third-order valence-electron chi connectivity index (χ3n) is 5.06. The molecule has 4 atom stereocenters. The molecule has 0 saturated heterocycles. The van der Waals surface area contributed by atoms with E-state index in [2.05, 4.69) is 4.90 Å². The van der Waals surface area contributed by atoms with Crippen molar-refractivity contribution in [2.75, 3.05) is 47.1 Å². The van der Waals surface area contributed by atoms with Crippen molar-refractivity contribution in [3.8, 4) is 0 Å². The molecule has 2 bridgehead atoms. The average molecular weight is 270 g/mol. The second-order valence-corrected chi connectivity index (χ2v) is 6.21. The van der Waals surface area contributed by atoms with Crippen LogP contribution in [0.2, 0.25) is 0 Å². The van der Waals surface area contributed by atoms with Crippen LogP contribution in [0.1, 0.15) is 25.7 Å².